The number of hydrogen-bond acceptors (Lipinski definition) is 4. The topological polar surface area (TPSA) is 81.4 Å². The predicted molar refractivity (Wildman–Crippen MR) is 52.1 cm³/mol. The number of rotatable bonds is 5. The van der Waals surface area contributed by atoms with Gasteiger partial charge in [0, 0.05) is 12.3 Å². The van der Waals surface area contributed by atoms with E-state index in [1.54, 1.807) is 0 Å². The molecule has 0 bridgehead atoms. The number of hydrogen-bond donors (Lipinski definition) is 2. The molecule has 5 nitrogen and oxygen atoms in total. The second kappa shape index (κ2) is 6.01. The van der Waals surface area contributed by atoms with Crippen molar-refractivity contribution in [2.24, 2.45) is 11.7 Å². The maximum Gasteiger partial charge on any atom is 0.331 e. The minimum atomic E-state index is -0.482. The summed E-state index contributed by atoms with van der Waals surface area (Å²) in [5.74, 6) is -0.867. The number of methoxy groups -OCH3 is 1. The smallest absolute Gasteiger partial charge is 0.331 e. The maximum atomic E-state index is 10.9. The van der Waals surface area contributed by atoms with Crippen LogP contribution in [0.4, 0.5) is 0 Å². The number of carbonyl (C=O) groups excluding carboxylic acids is 2. The number of esters is 1. The monoisotopic (exact) mass is 200 g/mol. The summed E-state index contributed by atoms with van der Waals surface area (Å²) in [6.07, 6.45) is 2.56. The molecule has 0 aromatic heterocycles. The minimum absolute atomic E-state index is 0.0646. The molecule has 1 amide bonds. The molecule has 0 fully saturated rings. The summed E-state index contributed by atoms with van der Waals surface area (Å²) in [6.45, 7) is 3.71. The highest BCUT2D eigenvalue weighted by Crippen LogP contribution is 2.00. The number of amides is 1. The van der Waals surface area contributed by atoms with Crippen molar-refractivity contribution in [3.8, 4) is 0 Å². The Morgan fingerprint density at radius 3 is 2.36 bits per heavy atom. The van der Waals surface area contributed by atoms with Crippen LogP contribution < -0.4 is 11.1 Å². The average molecular weight is 200 g/mol. The van der Waals surface area contributed by atoms with Crippen molar-refractivity contribution in [2.45, 2.75) is 19.9 Å². The number of nitrogens with one attached hydrogen (secondary N) is 1. The van der Waals surface area contributed by atoms with Crippen molar-refractivity contribution >= 4 is 11.9 Å². The molecule has 0 spiro atoms. The first-order chi connectivity index (χ1) is 6.49. The van der Waals surface area contributed by atoms with Crippen molar-refractivity contribution in [3.63, 3.8) is 0 Å². The summed E-state index contributed by atoms with van der Waals surface area (Å²) in [5.41, 5.74) is 5.14. The van der Waals surface area contributed by atoms with Gasteiger partial charge in [-0.15, -0.1) is 0 Å². The third-order valence-corrected chi connectivity index (χ3v) is 1.67. The van der Waals surface area contributed by atoms with Crippen molar-refractivity contribution in [2.75, 3.05) is 7.11 Å². The maximum absolute atomic E-state index is 10.9. The molecule has 1 atom stereocenters. The molecule has 3 N–H and O–H groups in total. The predicted octanol–water partition coefficient (Wildman–Crippen LogP) is -0.227. The van der Waals surface area contributed by atoms with Crippen LogP contribution in [-0.2, 0) is 14.3 Å². The highest BCUT2D eigenvalue weighted by Gasteiger charge is 2.16. The van der Waals surface area contributed by atoms with Crippen LogP contribution in [0.25, 0.3) is 0 Å². The molecule has 5 heteroatoms. The van der Waals surface area contributed by atoms with Crippen molar-refractivity contribution < 1.29 is 14.3 Å². The van der Waals surface area contributed by atoms with E-state index in [0.29, 0.717) is 0 Å². The second-order valence-corrected chi connectivity index (χ2v) is 3.15. The van der Waals surface area contributed by atoms with Gasteiger partial charge in [0.1, 0.15) is 6.04 Å². The molecule has 0 aliphatic heterocycles. The van der Waals surface area contributed by atoms with Crippen LogP contribution >= 0.6 is 0 Å². The van der Waals surface area contributed by atoms with Gasteiger partial charge in [-0.2, -0.15) is 0 Å². The summed E-state index contributed by atoms with van der Waals surface area (Å²) in [7, 11) is 1.28. The second-order valence-electron chi connectivity index (χ2n) is 3.15. The van der Waals surface area contributed by atoms with Gasteiger partial charge >= 0.3 is 5.97 Å². The molecule has 0 aromatic carbocycles. The molecule has 1 unspecified atom stereocenters. The van der Waals surface area contributed by atoms with E-state index < -0.39 is 17.9 Å². The number of ether oxygens (including phenoxy) is 1. The first-order valence-electron chi connectivity index (χ1n) is 4.29. The lowest BCUT2D eigenvalue weighted by Gasteiger charge is -2.16. The zero-order valence-electron chi connectivity index (χ0n) is 8.61. The van der Waals surface area contributed by atoms with Crippen molar-refractivity contribution in [3.05, 3.63) is 12.3 Å². The van der Waals surface area contributed by atoms with Gasteiger partial charge in [0.15, 0.2) is 0 Å². The Bertz CT molecular complexity index is 236. The van der Waals surface area contributed by atoms with Crippen LogP contribution in [-0.4, -0.2) is 25.0 Å². The average Bonchev–Trinajstić information content (AvgIpc) is 2.10. The summed E-state index contributed by atoms with van der Waals surface area (Å²) < 4.78 is 4.37. The fourth-order valence-electron chi connectivity index (χ4n) is 0.891. The third kappa shape index (κ3) is 4.49. The van der Waals surface area contributed by atoms with Gasteiger partial charge in [-0.05, 0) is 5.92 Å². The molecular weight excluding hydrogens is 184 g/mol. The third-order valence-electron chi connectivity index (χ3n) is 1.67. The quantitative estimate of drug-likeness (QED) is 0.474. The summed E-state index contributed by atoms with van der Waals surface area (Å²) >= 11 is 0. The lowest BCUT2D eigenvalue weighted by Crippen LogP contribution is -2.42. The summed E-state index contributed by atoms with van der Waals surface area (Å²) in [5, 5.41) is 2.73. The Balaban J connectivity index is 4.13. The Labute approximate surface area is 83.3 Å². The summed E-state index contributed by atoms with van der Waals surface area (Å²) in [6, 6.07) is -0.476. The van der Waals surface area contributed by atoms with Crippen LogP contribution in [0.5, 0.6) is 0 Å². The Morgan fingerprint density at radius 1 is 1.43 bits per heavy atom. The molecule has 0 rings (SSSR count). The van der Waals surface area contributed by atoms with Crippen molar-refractivity contribution in [1.82, 2.24) is 5.32 Å². The van der Waals surface area contributed by atoms with Crippen LogP contribution in [0, 0.1) is 5.92 Å². The highest BCUT2D eigenvalue weighted by molar-refractivity contribution is 5.82. The molecule has 0 radical (unpaired) electrons. The van der Waals surface area contributed by atoms with Gasteiger partial charge in [0.2, 0.25) is 5.91 Å². The van der Waals surface area contributed by atoms with Crippen LogP contribution in [0.15, 0.2) is 12.3 Å². The van der Waals surface area contributed by atoms with E-state index in [9.17, 15) is 9.59 Å². The Hall–Kier alpha value is -1.52. The van der Waals surface area contributed by atoms with E-state index in [-0.39, 0.29) is 5.92 Å². The molecule has 0 aliphatic rings. The number of carbonyl (C=O) groups is 2. The minimum Gasteiger partial charge on any atom is -0.466 e. The fourth-order valence-corrected chi connectivity index (χ4v) is 0.891. The van der Waals surface area contributed by atoms with E-state index in [1.807, 2.05) is 13.8 Å². The number of primary amides is 1. The molecule has 80 valence electrons. The van der Waals surface area contributed by atoms with E-state index in [1.165, 1.54) is 19.4 Å². The zero-order valence-corrected chi connectivity index (χ0v) is 8.61. The van der Waals surface area contributed by atoms with Gasteiger partial charge in [-0.3, -0.25) is 4.79 Å². The van der Waals surface area contributed by atoms with Gasteiger partial charge in [0.05, 0.1) is 7.11 Å². The van der Waals surface area contributed by atoms with E-state index in [0.717, 1.165) is 0 Å². The lowest BCUT2D eigenvalue weighted by molar-refractivity contribution is -0.135. The number of nitrogens with two attached hydrogens (primary N) is 1. The van der Waals surface area contributed by atoms with E-state index >= 15 is 0 Å². The lowest BCUT2D eigenvalue weighted by atomic mass is 10.0. The van der Waals surface area contributed by atoms with E-state index in [4.69, 9.17) is 5.73 Å². The van der Waals surface area contributed by atoms with Crippen LogP contribution in [0.1, 0.15) is 13.8 Å². The normalized spacial score (nSPS) is 12.9. The summed E-state index contributed by atoms with van der Waals surface area (Å²) in [4.78, 5) is 21.6. The van der Waals surface area contributed by atoms with Gasteiger partial charge in [-0.25, -0.2) is 4.79 Å². The highest BCUT2D eigenvalue weighted by atomic mass is 16.5. The molecular formula is C9H16N2O3. The first-order valence-corrected chi connectivity index (χ1v) is 4.29. The molecule has 0 aliphatic carbocycles. The molecule has 14 heavy (non-hydrogen) atoms. The zero-order chi connectivity index (χ0) is 11.1. The van der Waals surface area contributed by atoms with Crippen LogP contribution in [0.3, 0.4) is 0 Å². The Morgan fingerprint density at radius 2 is 2.00 bits per heavy atom. The van der Waals surface area contributed by atoms with Crippen molar-refractivity contribution in [1.29, 1.82) is 0 Å². The van der Waals surface area contributed by atoms with E-state index in [2.05, 4.69) is 10.1 Å². The Kier molecular flexibility index (Phi) is 5.36. The SMILES string of the molecule is COC(=O)/C=C/NC(C(N)=O)C(C)C. The standard InChI is InChI=1S/C9H16N2O3/c1-6(2)8(9(10)13)11-5-4-7(12)14-3/h4-6,8,11H,1-3H3,(H2,10,13)/b5-4+. The van der Waals surface area contributed by atoms with Gasteiger partial charge < -0.3 is 15.8 Å². The molecule has 0 aromatic rings. The largest absolute Gasteiger partial charge is 0.466 e. The molecule has 0 heterocycles. The first kappa shape index (κ1) is 12.5. The van der Waals surface area contributed by atoms with Gasteiger partial charge in [0.25, 0.3) is 0 Å². The van der Waals surface area contributed by atoms with Crippen LogP contribution in [0.2, 0.25) is 0 Å². The fraction of sp³-hybridized carbons (Fsp3) is 0.556. The molecule has 0 saturated carbocycles. The molecule has 0 saturated heterocycles. The van der Waals surface area contributed by atoms with Gasteiger partial charge in [-0.1, -0.05) is 13.8 Å².